The number of halogens is 1. The third kappa shape index (κ3) is 3.38. The monoisotopic (exact) mass is 320 g/mol. The molecule has 0 fully saturated rings. The molecule has 0 saturated heterocycles. The van der Waals surface area contributed by atoms with Crippen molar-refractivity contribution in [2.75, 3.05) is 0 Å². The largest absolute Gasteiger partial charge is 0.507 e. The molecule has 0 heterocycles. The summed E-state index contributed by atoms with van der Waals surface area (Å²) in [5, 5.41) is 20.1. The van der Waals surface area contributed by atoms with E-state index in [9.17, 15) is 15.2 Å². The van der Waals surface area contributed by atoms with Crippen LogP contribution >= 0.6 is 15.9 Å². The second-order valence-electron chi connectivity index (χ2n) is 3.73. The SMILES string of the molecule is O=[N+]([O-])c1ccc(N=Cc2cc(Br)ccc2O)cc1. The molecule has 1 N–H and O–H groups in total. The molecule has 0 aliphatic heterocycles. The van der Waals surface area contributed by atoms with E-state index in [0.29, 0.717) is 11.3 Å². The van der Waals surface area contributed by atoms with Gasteiger partial charge in [-0.25, -0.2) is 0 Å². The number of hydrogen-bond acceptors (Lipinski definition) is 4. The van der Waals surface area contributed by atoms with E-state index in [1.807, 2.05) is 0 Å². The van der Waals surface area contributed by atoms with Gasteiger partial charge in [-0.1, -0.05) is 15.9 Å². The van der Waals surface area contributed by atoms with Gasteiger partial charge in [0.25, 0.3) is 5.69 Å². The summed E-state index contributed by atoms with van der Waals surface area (Å²) in [6.07, 6.45) is 1.50. The first-order chi connectivity index (χ1) is 9.06. The Balaban J connectivity index is 2.22. The highest BCUT2D eigenvalue weighted by molar-refractivity contribution is 9.10. The van der Waals surface area contributed by atoms with E-state index in [1.165, 1.54) is 18.3 Å². The van der Waals surface area contributed by atoms with Crippen LogP contribution in [0.1, 0.15) is 5.56 Å². The van der Waals surface area contributed by atoms with E-state index in [4.69, 9.17) is 0 Å². The van der Waals surface area contributed by atoms with Crippen molar-refractivity contribution < 1.29 is 10.0 Å². The summed E-state index contributed by atoms with van der Waals surface area (Å²) in [5.41, 5.74) is 1.15. The highest BCUT2D eigenvalue weighted by Gasteiger charge is 2.03. The number of non-ortho nitro benzene ring substituents is 1. The Hall–Kier alpha value is -2.21. The summed E-state index contributed by atoms with van der Waals surface area (Å²) in [4.78, 5) is 14.2. The van der Waals surface area contributed by atoms with E-state index >= 15 is 0 Å². The molecule has 0 unspecified atom stereocenters. The molecule has 0 aliphatic rings. The minimum Gasteiger partial charge on any atom is -0.507 e. The summed E-state index contributed by atoms with van der Waals surface area (Å²) in [7, 11) is 0. The third-order valence-corrected chi connectivity index (χ3v) is 2.90. The van der Waals surface area contributed by atoms with E-state index in [1.54, 1.807) is 30.3 Å². The molecule has 2 aromatic carbocycles. The fourth-order valence-corrected chi connectivity index (χ4v) is 1.81. The van der Waals surface area contributed by atoms with Crippen LogP contribution in [0, 0.1) is 10.1 Å². The van der Waals surface area contributed by atoms with Crippen molar-refractivity contribution in [2.24, 2.45) is 4.99 Å². The van der Waals surface area contributed by atoms with E-state index in [-0.39, 0.29) is 11.4 Å². The minimum atomic E-state index is -0.465. The maximum Gasteiger partial charge on any atom is 0.269 e. The number of nitrogens with zero attached hydrogens (tertiary/aromatic N) is 2. The van der Waals surface area contributed by atoms with Crippen LogP contribution in [0.2, 0.25) is 0 Å². The molecule has 0 saturated carbocycles. The quantitative estimate of drug-likeness (QED) is 0.530. The summed E-state index contributed by atoms with van der Waals surface area (Å²) in [6, 6.07) is 10.9. The number of benzene rings is 2. The van der Waals surface area contributed by atoms with Crippen LogP contribution in [0.4, 0.5) is 11.4 Å². The Kier molecular flexibility index (Phi) is 3.91. The van der Waals surface area contributed by atoms with Gasteiger partial charge in [-0.3, -0.25) is 15.1 Å². The Labute approximate surface area is 117 Å². The molecule has 5 nitrogen and oxygen atoms in total. The van der Waals surface area contributed by atoms with Crippen LogP contribution in [0.15, 0.2) is 51.9 Å². The Morgan fingerprint density at radius 3 is 2.53 bits per heavy atom. The zero-order chi connectivity index (χ0) is 13.8. The van der Waals surface area contributed by atoms with E-state index < -0.39 is 4.92 Å². The standard InChI is InChI=1S/C13H9BrN2O3/c14-10-1-6-13(17)9(7-10)8-15-11-2-4-12(5-3-11)16(18)19/h1-8,17H. The lowest BCUT2D eigenvalue weighted by Gasteiger charge is -1.99. The van der Waals surface area contributed by atoms with Crippen molar-refractivity contribution in [2.45, 2.75) is 0 Å². The van der Waals surface area contributed by atoms with Crippen molar-refractivity contribution >= 4 is 33.5 Å². The number of rotatable bonds is 3. The van der Waals surface area contributed by atoms with Gasteiger partial charge in [0, 0.05) is 28.4 Å². The van der Waals surface area contributed by atoms with Crippen molar-refractivity contribution in [3.63, 3.8) is 0 Å². The maximum atomic E-state index is 10.5. The first kappa shape index (κ1) is 13.2. The van der Waals surface area contributed by atoms with Crippen LogP contribution in [0.5, 0.6) is 5.75 Å². The lowest BCUT2D eigenvalue weighted by molar-refractivity contribution is -0.384. The molecule has 0 aromatic heterocycles. The van der Waals surface area contributed by atoms with Gasteiger partial charge in [-0.2, -0.15) is 0 Å². The number of aromatic hydroxyl groups is 1. The topological polar surface area (TPSA) is 75.7 Å². The smallest absolute Gasteiger partial charge is 0.269 e. The lowest BCUT2D eigenvalue weighted by Crippen LogP contribution is -1.86. The average molecular weight is 321 g/mol. The van der Waals surface area contributed by atoms with Crippen molar-refractivity contribution in [1.29, 1.82) is 0 Å². The van der Waals surface area contributed by atoms with Gasteiger partial charge in [0.05, 0.1) is 10.6 Å². The summed E-state index contributed by atoms with van der Waals surface area (Å²) in [6.45, 7) is 0. The summed E-state index contributed by atoms with van der Waals surface area (Å²) in [5.74, 6) is 0.119. The molecule has 2 aromatic rings. The van der Waals surface area contributed by atoms with Gasteiger partial charge < -0.3 is 5.11 Å². The second-order valence-corrected chi connectivity index (χ2v) is 4.65. The number of aliphatic imine (C=N–C) groups is 1. The summed E-state index contributed by atoms with van der Waals surface area (Å²) < 4.78 is 0.829. The highest BCUT2D eigenvalue weighted by Crippen LogP contribution is 2.22. The molecule has 0 amide bonds. The van der Waals surface area contributed by atoms with E-state index in [0.717, 1.165) is 4.47 Å². The molecule has 2 rings (SSSR count). The molecule has 96 valence electrons. The Morgan fingerprint density at radius 2 is 1.89 bits per heavy atom. The molecule has 0 radical (unpaired) electrons. The predicted octanol–water partition coefficient (Wildman–Crippen LogP) is 3.81. The molecule has 0 aliphatic carbocycles. The molecule has 19 heavy (non-hydrogen) atoms. The predicted molar refractivity (Wildman–Crippen MR) is 76.2 cm³/mol. The number of phenols is 1. The van der Waals surface area contributed by atoms with Gasteiger partial charge >= 0.3 is 0 Å². The Morgan fingerprint density at radius 1 is 1.21 bits per heavy atom. The molecular formula is C13H9BrN2O3. The zero-order valence-electron chi connectivity index (χ0n) is 9.65. The van der Waals surface area contributed by atoms with E-state index in [2.05, 4.69) is 20.9 Å². The van der Waals surface area contributed by atoms with Crippen LogP contribution in [0.3, 0.4) is 0 Å². The second kappa shape index (κ2) is 5.62. The highest BCUT2D eigenvalue weighted by atomic mass is 79.9. The lowest BCUT2D eigenvalue weighted by atomic mass is 10.2. The molecule has 0 bridgehead atoms. The number of hydrogen-bond donors (Lipinski definition) is 1. The van der Waals surface area contributed by atoms with Crippen LogP contribution in [0.25, 0.3) is 0 Å². The maximum absolute atomic E-state index is 10.5. The number of phenolic OH excluding ortho intramolecular Hbond substituents is 1. The fourth-order valence-electron chi connectivity index (χ4n) is 1.43. The molecule has 6 heteroatoms. The molecule has 0 atom stereocenters. The zero-order valence-corrected chi connectivity index (χ0v) is 11.2. The van der Waals surface area contributed by atoms with Gasteiger partial charge in [0.1, 0.15) is 5.75 Å². The minimum absolute atomic E-state index is 0.0178. The van der Waals surface area contributed by atoms with Crippen LogP contribution in [-0.4, -0.2) is 16.2 Å². The first-order valence-electron chi connectivity index (χ1n) is 5.33. The van der Waals surface area contributed by atoms with Crippen molar-refractivity contribution in [1.82, 2.24) is 0 Å². The molecule has 0 spiro atoms. The number of nitro benzene ring substituents is 1. The molecular weight excluding hydrogens is 312 g/mol. The van der Waals surface area contributed by atoms with Crippen molar-refractivity contribution in [3.8, 4) is 5.75 Å². The first-order valence-corrected chi connectivity index (χ1v) is 6.12. The fraction of sp³-hybridized carbons (Fsp3) is 0. The third-order valence-electron chi connectivity index (χ3n) is 2.40. The van der Waals surface area contributed by atoms with Crippen LogP contribution in [-0.2, 0) is 0 Å². The van der Waals surface area contributed by atoms with Crippen LogP contribution < -0.4 is 0 Å². The van der Waals surface area contributed by atoms with Gasteiger partial charge in [0.15, 0.2) is 0 Å². The Bertz CT molecular complexity index is 639. The average Bonchev–Trinajstić information content (AvgIpc) is 2.40. The summed E-state index contributed by atoms with van der Waals surface area (Å²) >= 11 is 3.30. The van der Waals surface area contributed by atoms with Gasteiger partial charge in [-0.15, -0.1) is 0 Å². The van der Waals surface area contributed by atoms with Gasteiger partial charge in [-0.05, 0) is 30.3 Å². The van der Waals surface area contributed by atoms with Crippen molar-refractivity contribution in [3.05, 3.63) is 62.6 Å². The van der Waals surface area contributed by atoms with Gasteiger partial charge in [0.2, 0.25) is 0 Å². The number of nitro groups is 1. The normalized spacial score (nSPS) is 10.8.